The van der Waals surface area contributed by atoms with Crippen LogP contribution >= 0.6 is 0 Å². The van der Waals surface area contributed by atoms with Gasteiger partial charge in [-0.15, -0.1) is 0 Å². The maximum atomic E-state index is 10.9. The van der Waals surface area contributed by atoms with Crippen LogP contribution in [-0.4, -0.2) is 38.3 Å². The molecule has 0 aliphatic carbocycles. The molecule has 4 heteroatoms. The first-order valence-electron chi connectivity index (χ1n) is 4.92. The van der Waals surface area contributed by atoms with E-state index in [9.17, 15) is 4.79 Å². The minimum atomic E-state index is 0.115. The van der Waals surface area contributed by atoms with Crippen molar-refractivity contribution in [2.75, 3.05) is 26.2 Å². The van der Waals surface area contributed by atoms with Gasteiger partial charge >= 0.3 is 0 Å². The smallest absolute Gasteiger partial charge is 0.219 e. The molecule has 0 aromatic heterocycles. The molecule has 1 heterocycles. The minimum absolute atomic E-state index is 0.115. The normalized spacial score (nSPS) is 22.7. The second kappa shape index (κ2) is 5.94. The van der Waals surface area contributed by atoms with Crippen LogP contribution in [0.2, 0.25) is 0 Å². The average Bonchev–Trinajstić information content (AvgIpc) is 2.19. The first kappa shape index (κ1) is 10.5. The zero-order chi connectivity index (χ0) is 9.52. The van der Waals surface area contributed by atoms with E-state index in [1.165, 1.54) is 0 Å². The highest BCUT2D eigenvalue weighted by Crippen LogP contribution is 1.99. The van der Waals surface area contributed by atoms with Gasteiger partial charge in [0.1, 0.15) is 0 Å². The van der Waals surface area contributed by atoms with Crippen molar-refractivity contribution in [1.82, 2.24) is 10.6 Å². The standard InChI is InChI=1S/C9H18N2O2/c1-2-9(12)11-4-3-8-7-10-5-6-13-8/h8,10H,2-7H2,1H3,(H,11,12). The fourth-order valence-electron chi connectivity index (χ4n) is 1.30. The van der Waals surface area contributed by atoms with E-state index in [-0.39, 0.29) is 12.0 Å². The molecule has 1 aliphatic heterocycles. The largest absolute Gasteiger partial charge is 0.376 e. The third-order valence-corrected chi connectivity index (χ3v) is 2.11. The van der Waals surface area contributed by atoms with E-state index in [0.717, 1.165) is 32.7 Å². The molecule has 13 heavy (non-hydrogen) atoms. The Kier molecular flexibility index (Phi) is 4.78. The highest BCUT2D eigenvalue weighted by molar-refractivity contribution is 5.75. The highest BCUT2D eigenvalue weighted by atomic mass is 16.5. The molecular formula is C9H18N2O2. The van der Waals surface area contributed by atoms with Crippen LogP contribution < -0.4 is 10.6 Å². The van der Waals surface area contributed by atoms with E-state index in [0.29, 0.717) is 6.42 Å². The van der Waals surface area contributed by atoms with E-state index >= 15 is 0 Å². The van der Waals surface area contributed by atoms with Crippen molar-refractivity contribution in [1.29, 1.82) is 0 Å². The fraction of sp³-hybridized carbons (Fsp3) is 0.889. The fourth-order valence-corrected chi connectivity index (χ4v) is 1.30. The summed E-state index contributed by atoms with van der Waals surface area (Å²) in [7, 11) is 0. The summed E-state index contributed by atoms with van der Waals surface area (Å²) >= 11 is 0. The number of hydrogen-bond acceptors (Lipinski definition) is 3. The number of hydrogen-bond donors (Lipinski definition) is 2. The van der Waals surface area contributed by atoms with Crippen LogP contribution in [0.15, 0.2) is 0 Å². The predicted molar refractivity (Wildman–Crippen MR) is 50.5 cm³/mol. The van der Waals surface area contributed by atoms with Gasteiger partial charge in [0.25, 0.3) is 0 Å². The van der Waals surface area contributed by atoms with E-state index in [4.69, 9.17) is 4.74 Å². The monoisotopic (exact) mass is 186 g/mol. The quantitative estimate of drug-likeness (QED) is 0.644. The van der Waals surface area contributed by atoms with E-state index < -0.39 is 0 Å². The number of amides is 1. The molecule has 76 valence electrons. The van der Waals surface area contributed by atoms with Crippen LogP contribution in [0.3, 0.4) is 0 Å². The van der Waals surface area contributed by atoms with Gasteiger partial charge in [0.05, 0.1) is 12.7 Å². The molecule has 1 rings (SSSR count). The second-order valence-corrected chi connectivity index (χ2v) is 3.19. The second-order valence-electron chi connectivity index (χ2n) is 3.19. The van der Waals surface area contributed by atoms with Crippen LogP contribution in [0, 0.1) is 0 Å². The molecule has 0 radical (unpaired) electrons. The van der Waals surface area contributed by atoms with Crippen LogP contribution in [-0.2, 0) is 9.53 Å². The number of nitrogens with one attached hydrogen (secondary N) is 2. The van der Waals surface area contributed by atoms with Gasteiger partial charge in [-0.2, -0.15) is 0 Å². The molecule has 0 aromatic carbocycles. The molecule has 1 unspecified atom stereocenters. The first-order valence-corrected chi connectivity index (χ1v) is 4.92. The van der Waals surface area contributed by atoms with Gasteiger partial charge in [-0.3, -0.25) is 4.79 Å². The third-order valence-electron chi connectivity index (χ3n) is 2.11. The summed E-state index contributed by atoms with van der Waals surface area (Å²) < 4.78 is 5.48. The molecule has 1 amide bonds. The lowest BCUT2D eigenvalue weighted by Gasteiger charge is -2.23. The highest BCUT2D eigenvalue weighted by Gasteiger charge is 2.12. The third kappa shape index (κ3) is 4.24. The molecule has 1 saturated heterocycles. The van der Waals surface area contributed by atoms with Gasteiger partial charge < -0.3 is 15.4 Å². The van der Waals surface area contributed by atoms with Gasteiger partial charge in [0.2, 0.25) is 5.91 Å². The number of ether oxygens (including phenoxy) is 1. The van der Waals surface area contributed by atoms with Gasteiger partial charge in [-0.05, 0) is 6.42 Å². The zero-order valence-electron chi connectivity index (χ0n) is 8.14. The van der Waals surface area contributed by atoms with Crippen molar-refractivity contribution < 1.29 is 9.53 Å². The summed E-state index contributed by atoms with van der Waals surface area (Å²) in [4.78, 5) is 10.9. The van der Waals surface area contributed by atoms with Gasteiger partial charge in [-0.1, -0.05) is 6.92 Å². The number of carbonyl (C=O) groups is 1. The lowest BCUT2D eigenvalue weighted by molar-refractivity contribution is -0.120. The SMILES string of the molecule is CCC(=O)NCCC1CNCCO1. The average molecular weight is 186 g/mol. The minimum Gasteiger partial charge on any atom is -0.376 e. The topological polar surface area (TPSA) is 50.4 Å². The van der Waals surface area contributed by atoms with Crippen LogP contribution in [0.5, 0.6) is 0 Å². The Morgan fingerprint density at radius 1 is 1.69 bits per heavy atom. The van der Waals surface area contributed by atoms with Crippen molar-refractivity contribution in [2.45, 2.75) is 25.9 Å². The van der Waals surface area contributed by atoms with E-state index in [2.05, 4.69) is 10.6 Å². The van der Waals surface area contributed by atoms with Crippen molar-refractivity contribution in [3.05, 3.63) is 0 Å². The lowest BCUT2D eigenvalue weighted by Crippen LogP contribution is -2.40. The zero-order valence-corrected chi connectivity index (χ0v) is 8.14. The van der Waals surface area contributed by atoms with Crippen molar-refractivity contribution in [3.63, 3.8) is 0 Å². The van der Waals surface area contributed by atoms with E-state index in [1.807, 2.05) is 6.92 Å². The Balaban J connectivity index is 2.01. The summed E-state index contributed by atoms with van der Waals surface area (Å²) in [5, 5.41) is 6.08. The number of rotatable bonds is 4. The summed E-state index contributed by atoms with van der Waals surface area (Å²) in [5.41, 5.74) is 0. The molecule has 2 N–H and O–H groups in total. The van der Waals surface area contributed by atoms with Crippen LogP contribution in [0.25, 0.3) is 0 Å². The Labute approximate surface area is 79.0 Å². The molecule has 4 nitrogen and oxygen atoms in total. The van der Waals surface area contributed by atoms with E-state index in [1.54, 1.807) is 0 Å². The Hall–Kier alpha value is -0.610. The van der Waals surface area contributed by atoms with Crippen molar-refractivity contribution >= 4 is 5.91 Å². The summed E-state index contributed by atoms with van der Waals surface area (Å²) in [5.74, 6) is 0.115. The van der Waals surface area contributed by atoms with Crippen LogP contribution in [0.4, 0.5) is 0 Å². The summed E-state index contributed by atoms with van der Waals surface area (Å²) in [6, 6.07) is 0. The Morgan fingerprint density at radius 2 is 2.54 bits per heavy atom. The predicted octanol–water partition coefficient (Wildman–Crippen LogP) is -0.109. The molecule has 1 aliphatic rings. The molecule has 0 saturated carbocycles. The maximum absolute atomic E-state index is 10.9. The molecule has 0 bridgehead atoms. The van der Waals surface area contributed by atoms with Gasteiger partial charge in [-0.25, -0.2) is 0 Å². The molecule has 0 spiro atoms. The number of carbonyl (C=O) groups excluding carboxylic acids is 1. The number of morpholine rings is 1. The van der Waals surface area contributed by atoms with Crippen molar-refractivity contribution in [2.24, 2.45) is 0 Å². The Morgan fingerprint density at radius 3 is 3.15 bits per heavy atom. The summed E-state index contributed by atoms with van der Waals surface area (Å²) in [6.45, 7) is 5.21. The molecule has 0 aromatic rings. The van der Waals surface area contributed by atoms with Gasteiger partial charge in [0, 0.05) is 26.1 Å². The maximum Gasteiger partial charge on any atom is 0.219 e. The van der Waals surface area contributed by atoms with Crippen molar-refractivity contribution in [3.8, 4) is 0 Å². The van der Waals surface area contributed by atoms with Crippen LogP contribution in [0.1, 0.15) is 19.8 Å². The lowest BCUT2D eigenvalue weighted by atomic mass is 10.2. The summed E-state index contributed by atoms with van der Waals surface area (Å²) in [6.07, 6.45) is 1.73. The van der Waals surface area contributed by atoms with Gasteiger partial charge in [0.15, 0.2) is 0 Å². The molecule has 1 atom stereocenters. The first-order chi connectivity index (χ1) is 6.33. The molecule has 1 fully saturated rings. The Bertz CT molecular complexity index is 156. The molecular weight excluding hydrogens is 168 g/mol.